The summed E-state index contributed by atoms with van der Waals surface area (Å²) < 4.78 is 4.97. The van der Waals surface area contributed by atoms with E-state index < -0.39 is 5.97 Å². The van der Waals surface area contributed by atoms with Gasteiger partial charge in [-0.2, -0.15) is 0 Å². The molecule has 0 aromatic carbocycles. The van der Waals surface area contributed by atoms with Crippen molar-refractivity contribution in [1.82, 2.24) is 4.90 Å². The number of hydrogen-bond donors (Lipinski definition) is 1. The molecule has 80 valence electrons. The molecule has 0 amide bonds. The summed E-state index contributed by atoms with van der Waals surface area (Å²) in [5, 5.41) is 8.70. The van der Waals surface area contributed by atoms with Crippen LogP contribution in [-0.4, -0.2) is 48.8 Å². The van der Waals surface area contributed by atoms with Crippen LogP contribution in [0.2, 0.25) is 0 Å². The van der Waals surface area contributed by atoms with Gasteiger partial charge in [0.05, 0.1) is 6.61 Å². The highest BCUT2D eigenvalue weighted by molar-refractivity contribution is 5.86. The van der Waals surface area contributed by atoms with Crippen molar-refractivity contribution in [2.75, 3.05) is 26.8 Å². The molecule has 0 heterocycles. The van der Waals surface area contributed by atoms with Crippen molar-refractivity contribution in [3.63, 3.8) is 0 Å². The number of carbonyl (C=O) groups is 1. The van der Waals surface area contributed by atoms with E-state index in [0.717, 1.165) is 19.4 Å². The predicted molar refractivity (Wildman–Crippen MR) is 53.2 cm³/mol. The fourth-order valence-electron chi connectivity index (χ4n) is 1.35. The fraction of sp³-hybridized carbons (Fsp3) is 0.700. The highest BCUT2D eigenvalue weighted by Gasteiger charge is 2.29. The maximum atomic E-state index is 10.6. The third-order valence-electron chi connectivity index (χ3n) is 2.34. The van der Waals surface area contributed by atoms with Crippen molar-refractivity contribution >= 4 is 5.97 Å². The summed E-state index contributed by atoms with van der Waals surface area (Å²) in [6.45, 7) is 5.41. The lowest BCUT2D eigenvalue weighted by atomic mass is 10.3. The monoisotopic (exact) mass is 199 g/mol. The van der Waals surface area contributed by atoms with Gasteiger partial charge in [-0.05, 0) is 12.8 Å². The zero-order valence-corrected chi connectivity index (χ0v) is 8.53. The third-order valence-corrected chi connectivity index (χ3v) is 2.34. The van der Waals surface area contributed by atoms with Crippen LogP contribution >= 0.6 is 0 Å². The van der Waals surface area contributed by atoms with E-state index in [9.17, 15) is 4.79 Å². The Bertz CT molecular complexity index is 223. The first kappa shape index (κ1) is 11.2. The minimum Gasteiger partial charge on any atom is -0.478 e. The summed E-state index contributed by atoms with van der Waals surface area (Å²) >= 11 is 0. The van der Waals surface area contributed by atoms with Crippen LogP contribution in [0.15, 0.2) is 12.2 Å². The van der Waals surface area contributed by atoms with E-state index in [4.69, 9.17) is 9.84 Å². The highest BCUT2D eigenvalue weighted by atomic mass is 16.5. The summed E-state index contributed by atoms with van der Waals surface area (Å²) in [5.74, 6) is -0.909. The Morgan fingerprint density at radius 2 is 2.29 bits per heavy atom. The van der Waals surface area contributed by atoms with Gasteiger partial charge in [-0.3, -0.25) is 4.90 Å². The lowest BCUT2D eigenvalue weighted by Gasteiger charge is -2.21. The fourth-order valence-corrected chi connectivity index (χ4v) is 1.35. The first-order valence-electron chi connectivity index (χ1n) is 4.79. The molecule has 1 N–H and O–H groups in total. The standard InChI is InChI=1S/C10H17NO3/c1-8(10(12)13)7-11(5-6-14-2)9-3-4-9/h9H,1,3-7H2,2H3,(H,12,13). The van der Waals surface area contributed by atoms with Gasteiger partial charge >= 0.3 is 5.97 Å². The van der Waals surface area contributed by atoms with E-state index in [-0.39, 0.29) is 5.57 Å². The molecule has 0 atom stereocenters. The second kappa shape index (κ2) is 5.12. The maximum Gasteiger partial charge on any atom is 0.332 e. The van der Waals surface area contributed by atoms with Crippen LogP contribution in [0.25, 0.3) is 0 Å². The van der Waals surface area contributed by atoms with Crippen LogP contribution in [0.4, 0.5) is 0 Å². The Morgan fingerprint density at radius 3 is 2.71 bits per heavy atom. The SMILES string of the molecule is C=C(CN(CCOC)C1CC1)C(=O)O. The molecule has 4 heteroatoms. The molecule has 4 nitrogen and oxygen atoms in total. The summed E-state index contributed by atoms with van der Waals surface area (Å²) in [7, 11) is 1.65. The lowest BCUT2D eigenvalue weighted by Crippen LogP contribution is -2.32. The van der Waals surface area contributed by atoms with Crippen LogP contribution in [0.3, 0.4) is 0 Å². The maximum absolute atomic E-state index is 10.6. The van der Waals surface area contributed by atoms with Crippen molar-refractivity contribution < 1.29 is 14.6 Å². The minimum absolute atomic E-state index is 0.257. The zero-order valence-electron chi connectivity index (χ0n) is 8.53. The van der Waals surface area contributed by atoms with Crippen molar-refractivity contribution in [2.24, 2.45) is 0 Å². The van der Waals surface area contributed by atoms with E-state index in [1.807, 2.05) is 0 Å². The molecule has 0 saturated heterocycles. The number of hydrogen-bond acceptors (Lipinski definition) is 3. The molecule has 0 bridgehead atoms. The second-order valence-electron chi connectivity index (χ2n) is 3.60. The number of carboxylic acids is 1. The normalized spacial score (nSPS) is 15.9. The Labute approximate surface area is 84.2 Å². The Kier molecular flexibility index (Phi) is 4.10. The Hall–Kier alpha value is -0.870. The third kappa shape index (κ3) is 3.47. The summed E-state index contributed by atoms with van der Waals surface area (Å²) in [5.41, 5.74) is 0.257. The molecule has 14 heavy (non-hydrogen) atoms. The minimum atomic E-state index is -0.909. The first-order valence-corrected chi connectivity index (χ1v) is 4.79. The van der Waals surface area contributed by atoms with Crippen LogP contribution in [0, 0.1) is 0 Å². The molecule has 1 saturated carbocycles. The average molecular weight is 199 g/mol. The number of nitrogens with zero attached hydrogens (tertiary/aromatic N) is 1. The number of ether oxygens (including phenoxy) is 1. The predicted octanol–water partition coefficient (Wildman–Crippen LogP) is 0.738. The Morgan fingerprint density at radius 1 is 1.64 bits per heavy atom. The van der Waals surface area contributed by atoms with Gasteiger partial charge in [0, 0.05) is 31.8 Å². The number of aliphatic carboxylic acids is 1. The molecule has 0 radical (unpaired) electrons. The van der Waals surface area contributed by atoms with Crippen LogP contribution in [-0.2, 0) is 9.53 Å². The van der Waals surface area contributed by atoms with Crippen LogP contribution in [0.5, 0.6) is 0 Å². The summed E-state index contributed by atoms with van der Waals surface area (Å²) in [6, 6.07) is 0.543. The molecule has 0 aliphatic heterocycles. The number of carboxylic acid groups (broad SMARTS) is 1. The van der Waals surface area contributed by atoms with Crippen LogP contribution in [0.1, 0.15) is 12.8 Å². The van der Waals surface area contributed by atoms with E-state index in [0.29, 0.717) is 19.2 Å². The quantitative estimate of drug-likeness (QED) is 0.614. The van der Waals surface area contributed by atoms with Gasteiger partial charge in [0.25, 0.3) is 0 Å². The lowest BCUT2D eigenvalue weighted by molar-refractivity contribution is -0.132. The van der Waals surface area contributed by atoms with Crippen molar-refractivity contribution in [3.8, 4) is 0 Å². The van der Waals surface area contributed by atoms with E-state index in [1.54, 1.807) is 7.11 Å². The van der Waals surface area contributed by atoms with Gasteiger partial charge in [-0.25, -0.2) is 4.79 Å². The van der Waals surface area contributed by atoms with E-state index in [1.165, 1.54) is 0 Å². The summed E-state index contributed by atoms with van der Waals surface area (Å²) in [6.07, 6.45) is 2.33. The smallest absolute Gasteiger partial charge is 0.332 e. The molecular weight excluding hydrogens is 182 g/mol. The number of rotatable bonds is 7. The van der Waals surface area contributed by atoms with Crippen molar-refractivity contribution in [3.05, 3.63) is 12.2 Å². The van der Waals surface area contributed by atoms with Gasteiger partial charge in [0.1, 0.15) is 0 Å². The van der Waals surface area contributed by atoms with E-state index >= 15 is 0 Å². The molecule has 1 aliphatic rings. The van der Waals surface area contributed by atoms with Gasteiger partial charge in [-0.1, -0.05) is 6.58 Å². The molecule has 1 fully saturated rings. The molecule has 1 rings (SSSR count). The molecule has 0 spiro atoms. The first-order chi connectivity index (χ1) is 6.65. The highest BCUT2D eigenvalue weighted by Crippen LogP contribution is 2.26. The van der Waals surface area contributed by atoms with Crippen LogP contribution < -0.4 is 0 Å². The second-order valence-corrected chi connectivity index (χ2v) is 3.60. The largest absolute Gasteiger partial charge is 0.478 e. The van der Waals surface area contributed by atoms with Gasteiger partial charge in [-0.15, -0.1) is 0 Å². The van der Waals surface area contributed by atoms with Gasteiger partial charge in [0.2, 0.25) is 0 Å². The summed E-state index contributed by atoms with van der Waals surface area (Å²) in [4.78, 5) is 12.7. The molecular formula is C10H17NO3. The van der Waals surface area contributed by atoms with Gasteiger partial charge in [0.15, 0.2) is 0 Å². The zero-order chi connectivity index (χ0) is 10.6. The van der Waals surface area contributed by atoms with E-state index in [2.05, 4.69) is 11.5 Å². The van der Waals surface area contributed by atoms with Crippen molar-refractivity contribution in [1.29, 1.82) is 0 Å². The Balaban J connectivity index is 2.34. The average Bonchev–Trinajstić information content (AvgIpc) is 2.94. The van der Waals surface area contributed by atoms with Crippen molar-refractivity contribution in [2.45, 2.75) is 18.9 Å². The molecule has 1 aliphatic carbocycles. The molecule has 0 unspecified atom stereocenters. The topological polar surface area (TPSA) is 49.8 Å². The molecule has 0 aromatic heterocycles. The van der Waals surface area contributed by atoms with Gasteiger partial charge < -0.3 is 9.84 Å². The number of methoxy groups -OCH3 is 1. The molecule has 0 aromatic rings.